The van der Waals surface area contributed by atoms with Gasteiger partial charge < -0.3 is 14.8 Å². The van der Waals surface area contributed by atoms with E-state index in [2.05, 4.69) is 20.3 Å². The van der Waals surface area contributed by atoms with Gasteiger partial charge in [0, 0.05) is 57.9 Å². The first-order valence-corrected chi connectivity index (χ1v) is 8.47. The maximum absolute atomic E-state index is 12.5. The molecule has 1 saturated heterocycles. The standard InChI is InChI=1S/C17H24N6O/c1-18-17-15(20-5-6-21-17)11-14-3-2-8-23(12-14)16(24)4-9-22-10-7-19-13-22/h5-7,10,13-14H,2-4,8-9,11-12H2,1H3,(H,18,21)/t14-/m0/s1. The van der Waals surface area contributed by atoms with Crippen LogP contribution >= 0.6 is 0 Å². The molecule has 1 fully saturated rings. The molecule has 0 spiro atoms. The molecule has 2 aromatic rings. The molecule has 0 aliphatic carbocycles. The molecular weight excluding hydrogens is 304 g/mol. The predicted octanol–water partition coefficient (Wildman–Crippen LogP) is 1.59. The van der Waals surface area contributed by atoms with Gasteiger partial charge in [-0.3, -0.25) is 9.78 Å². The normalized spacial score (nSPS) is 17.7. The topological polar surface area (TPSA) is 75.9 Å². The average molecular weight is 328 g/mol. The lowest BCUT2D eigenvalue weighted by Crippen LogP contribution is -2.40. The number of rotatable bonds is 6. The number of carbonyl (C=O) groups is 1. The third-order valence-electron chi connectivity index (χ3n) is 4.51. The van der Waals surface area contributed by atoms with Gasteiger partial charge in [0.2, 0.25) is 5.91 Å². The van der Waals surface area contributed by atoms with E-state index in [0.29, 0.717) is 18.9 Å². The Morgan fingerprint density at radius 3 is 3.00 bits per heavy atom. The number of nitrogens with one attached hydrogen (secondary N) is 1. The molecule has 0 aromatic carbocycles. The van der Waals surface area contributed by atoms with Crippen molar-refractivity contribution < 1.29 is 4.79 Å². The van der Waals surface area contributed by atoms with Crippen LogP contribution in [0.3, 0.4) is 0 Å². The lowest BCUT2D eigenvalue weighted by atomic mass is 9.93. The Morgan fingerprint density at radius 1 is 1.33 bits per heavy atom. The summed E-state index contributed by atoms with van der Waals surface area (Å²) in [7, 11) is 1.86. The van der Waals surface area contributed by atoms with E-state index in [9.17, 15) is 4.79 Å². The Balaban J connectivity index is 1.54. The molecular formula is C17H24N6O. The number of piperidine rings is 1. The molecule has 128 valence electrons. The minimum absolute atomic E-state index is 0.224. The molecule has 0 unspecified atom stereocenters. The highest BCUT2D eigenvalue weighted by atomic mass is 16.2. The summed E-state index contributed by atoms with van der Waals surface area (Å²) in [5.41, 5.74) is 0.984. The highest BCUT2D eigenvalue weighted by Crippen LogP contribution is 2.23. The van der Waals surface area contributed by atoms with Crippen LogP contribution in [0.5, 0.6) is 0 Å². The number of aromatic nitrogens is 4. The van der Waals surface area contributed by atoms with Gasteiger partial charge in [-0.05, 0) is 25.2 Å². The number of anilines is 1. The predicted molar refractivity (Wildman–Crippen MR) is 91.4 cm³/mol. The first-order valence-electron chi connectivity index (χ1n) is 8.47. The van der Waals surface area contributed by atoms with Crippen LogP contribution < -0.4 is 5.32 Å². The SMILES string of the molecule is CNc1nccnc1C[C@@H]1CCCN(C(=O)CCn2ccnc2)C1. The van der Waals surface area contributed by atoms with E-state index < -0.39 is 0 Å². The molecule has 1 aliphatic rings. The van der Waals surface area contributed by atoms with Crippen molar-refractivity contribution in [1.82, 2.24) is 24.4 Å². The molecule has 1 atom stereocenters. The second kappa shape index (κ2) is 7.90. The maximum Gasteiger partial charge on any atom is 0.224 e. The minimum atomic E-state index is 0.224. The Kier molecular flexibility index (Phi) is 5.40. The van der Waals surface area contributed by atoms with Crippen LogP contribution in [0.25, 0.3) is 0 Å². The van der Waals surface area contributed by atoms with E-state index in [4.69, 9.17) is 0 Å². The number of aryl methyl sites for hydroxylation is 1. The molecule has 1 aliphatic heterocycles. The summed E-state index contributed by atoms with van der Waals surface area (Å²) >= 11 is 0. The Morgan fingerprint density at radius 2 is 2.21 bits per heavy atom. The molecule has 7 heteroatoms. The fraction of sp³-hybridized carbons (Fsp3) is 0.529. The van der Waals surface area contributed by atoms with Crippen molar-refractivity contribution in [2.45, 2.75) is 32.2 Å². The fourth-order valence-corrected chi connectivity index (χ4v) is 3.26. The smallest absolute Gasteiger partial charge is 0.224 e. The molecule has 0 bridgehead atoms. The van der Waals surface area contributed by atoms with Gasteiger partial charge in [0.1, 0.15) is 5.82 Å². The largest absolute Gasteiger partial charge is 0.372 e. The van der Waals surface area contributed by atoms with E-state index in [0.717, 1.165) is 43.9 Å². The van der Waals surface area contributed by atoms with Crippen LogP contribution in [-0.2, 0) is 17.8 Å². The van der Waals surface area contributed by atoms with Gasteiger partial charge in [-0.15, -0.1) is 0 Å². The summed E-state index contributed by atoms with van der Waals surface area (Å²) in [6, 6.07) is 0. The van der Waals surface area contributed by atoms with Crippen molar-refractivity contribution in [2.75, 3.05) is 25.5 Å². The third kappa shape index (κ3) is 4.10. The molecule has 1 N–H and O–H groups in total. The fourth-order valence-electron chi connectivity index (χ4n) is 3.26. The van der Waals surface area contributed by atoms with Gasteiger partial charge in [0.05, 0.1) is 12.0 Å². The van der Waals surface area contributed by atoms with Crippen LogP contribution in [0, 0.1) is 5.92 Å². The lowest BCUT2D eigenvalue weighted by Gasteiger charge is -2.33. The van der Waals surface area contributed by atoms with Crippen molar-refractivity contribution >= 4 is 11.7 Å². The molecule has 24 heavy (non-hydrogen) atoms. The van der Waals surface area contributed by atoms with Crippen molar-refractivity contribution in [3.05, 3.63) is 36.8 Å². The quantitative estimate of drug-likeness (QED) is 0.871. The van der Waals surface area contributed by atoms with Gasteiger partial charge in [-0.2, -0.15) is 0 Å². The van der Waals surface area contributed by atoms with E-state index in [1.165, 1.54) is 0 Å². The van der Waals surface area contributed by atoms with E-state index in [-0.39, 0.29) is 5.91 Å². The first-order chi connectivity index (χ1) is 11.8. The zero-order chi connectivity index (χ0) is 16.8. The zero-order valence-electron chi connectivity index (χ0n) is 14.1. The summed E-state index contributed by atoms with van der Waals surface area (Å²) in [5.74, 6) is 1.50. The lowest BCUT2D eigenvalue weighted by molar-refractivity contribution is -0.133. The first kappa shape index (κ1) is 16.4. The molecule has 0 saturated carbocycles. The summed E-state index contributed by atoms with van der Waals surface area (Å²) in [6.07, 6.45) is 12.4. The molecule has 0 radical (unpaired) electrons. The maximum atomic E-state index is 12.5. The summed E-state index contributed by atoms with van der Waals surface area (Å²) < 4.78 is 1.94. The number of hydrogen-bond donors (Lipinski definition) is 1. The molecule has 1 amide bonds. The molecule has 3 rings (SSSR count). The average Bonchev–Trinajstić information content (AvgIpc) is 3.14. The number of imidazole rings is 1. The van der Waals surface area contributed by atoms with Crippen molar-refractivity contribution in [3.8, 4) is 0 Å². The van der Waals surface area contributed by atoms with Crippen LogP contribution in [-0.4, -0.2) is 50.5 Å². The van der Waals surface area contributed by atoms with Crippen LogP contribution in [0.15, 0.2) is 31.1 Å². The third-order valence-corrected chi connectivity index (χ3v) is 4.51. The van der Waals surface area contributed by atoms with E-state index >= 15 is 0 Å². The molecule has 2 aromatic heterocycles. The highest BCUT2D eigenvalue weighted by Gasteiger charge is 2.24. The van der Waals surface area contributed by atoms with Gasteiger partial charge >= 0.3 is 0 Å². The Hall–Kier alpha value is -2.44. The Bertz CT molecular complexity index is 657. The van der Waals surface area contributed by atoms with Crippen molar-refractivity contribution in [2.24, 2.45) is 5.92 Å². The molecule has 3 heterocycles. The number of likely N-dealkylation sites (tertiary alicyclic amines) is 1. The number of amides is 1. The van der Waals surface area contributed by atoms with Crippen LogP contribution in [0.1, 0.15) is 25.0 Å². The second-order valence-corrected chi connectivity index (χ2v) is 6.20. The monoisotopic (exact) mass is 328 g/mol. The van der Waals surface area contributed by atoms with Gasteiger partial charge in [0.15, 0.2) is 0 Å². The van der Waals surface area contributed by atoms with E-state index in [1.807, 2.05) is 22.7 Å². The number of nitrogens with zero attached hydrogens (tertiary/aromatic N) is 5. The van der Waals surface area contributed by atoms with Crippen LogP contribution in [0.4, 0.5) is 5.82 Å². The Labute approximate surface area is 142 Å². The van der Waals surface area contributed by atoms with Gasteiger partial charge in [-0.25, -0.2) is 9.97 Å². The molecule has 7 nitrogen and oxygen atoms in total. The summed E-state index contributed by atoms with van der Waals surface area (Å²) in [5, 5.41) is 3.09. The second-order valence-electron chi connectivity index (χ2n) is 6.20. The summed E-state index contributed by atoms with van der Waals surface area (Å²) in [6.45, 7) is 2.36. The highest BCUT2D eigenvalue weighted by molar-refractivity contribution is 5.76. The van der Waals surface area contributed by atoms with Crippen molar-refractivity contribution in [1.29, 1.82) is 0 Å². The minimum Gasteiger partial charge on any atom is -0.372 e. The van der Waals surface area contributed by atoms with Crippen molar-refractivity contribution in [3.63, 3.8) is 0 Å². The van der Waals surface area contributed by atoms with Gasteiger partial charge in [-0.1, -0.05) is 0 Å². The zero-order valence-corrected chi connectivity index (χ0v) is 14.1. The number of hydrogen-bond acceptors (Lipinski definition) is 5. The summed E-state index contributed by atoms with van der Waals surface area (Å²) in [4.78, 5) is 27.2. The van der Waals surface area contributed by atoms with Gasteiger partial charge in [0.25, 0.3) is 0 Å². The van der Waals surface area contributed by atoms with E-state index in [1.54, 1.807) is 24.9 Å². The number of carbonyl (C=O) groups excluding carboxylic acids is 1. The van der Waals surface area contributed by atoms with Crippen LogP contribution in [0.2, 0.25) is 0 Å².